The minimum absolute atomic E-state index is 0.0416. The third-order valence-electron chi connectivity index (χ3n) is 3.59. The van der Waals surface area contributed by atoms with Crippen molar-refractivity contribution in [2.45, 2.75) is 31.3 Å². The molecule has 1 heterocycles. The topological polar surface area (TPSA) is 89.5 Å². The Kier molecular flexibility index (Phi) is 3.80. The Morgan fingerprint density at radius 2 is 2.00 bits per heavy atom. The van der Waals surface area contributed by atoms with Crippen LogP contribution in [0.25, 0.3) is 0 Å². The van der Waals surface area contributed by atoms with E-state index in [1.807, 2.05) is 0 Å². The van der Waals surface area contributed by atoms with Crippen LogP contribution in [0.15, 0.2) is 24.3 Å². The van der Waals surface area contributed by atoms with E-state index in [9.17, 15) is 14.9 Å². The normalized spacial score (nSPS) is 24.1. The van der Waals surface area contributed by atoms with Gasteiger partial charge in [-0.15, -0.1) is 0 Å². The molecule has 1 fully saturated rings. The van der Waals surface area contributed by atoms with Gasteiger partial charge in [0.05, 0.1) is 11.0 Å². The van der Waals surface area contributed by atoms with E-state index in [0.717, 1.165) is 18.4 Å². The van der Waals surface area contributed by atoms with Crippen LogP contribution >= 0.6 is 0 Å². The number of benzene rings is 1. The highest BCUT2D eigenvalue weighted by atomic mass is 16.6. The fraction of sp³-hybridized carbons (Fsp3) is 0.462. The van der Waals surface area contributed by atoms with E-state index in [-0.39, 0.29) is 23.7 Å². The van der Waals surface area contributed by atoms with Crippen LogP contribution in [0.4, 0.5) is 5.69 Å². The molecule has 2 rings (SSSR count). The van der Waals surface area contributed by atoms with Gasteiger partial charge in [0, 0.05) is 31.6 Å². The Balaban J connectivity index is 2.31. The number of carbonyl (C=O) groups is 1. The van der Waals surface area contributed by atoms with E-state index < -0.39 is 4.92 Å². The molecule has 2 unspecified atom stereocenters. The average Bonchev–Trinajstić information content (AvgIpc) is 2.50. The lowest BCUT2D eigenvalue weighted by atomic mass is 9.96. The number of non-ortho nitro benzene ring substituents is 1. The summed E-state index contributed by atoms with van der Waals surface area (Å²) in [5.74, 6) is 0.0660. The van der Waals surface area contributed by atoms with Crippen molar-refractivity contribution in [1.82, 2.24) is 4.90 Å². The highest BCUT2D eigenvalue weighted by molar-refractivity contribution is 5.76. The van der Waals surface area contributed by atoms with Gasteiger partial charge in [0.1, 0.15) is 0 Å². The molecule has 1 amide bonds. The van der Waals surface area contributed by atoms with Gasteiger partial charge in [0.15, 0.2) is 0 Å². The third kappa shape index (κ3) is 2.73. The maximum Gasteiger partial charge on any atom is 0.269 e. The monoisotopic (exact) mass is 263 g/mol. The van der Waals surface area contributed by atoms with E-state index in [0.29, 0.717) is 6.42 Å². The van der Waals surface area contributed by atoms with Crippen molar-refractivity contribution in [3.05, 3.63) is 39.9 Å². The van der Waals surface area contributed by atoms with Gasteiger partial charge < -0.3 is 10.6 Å². The van der Waals surface area contributed by atoms with Crippen LogP contribution in [-0.2, 0) is 4.79 Å². The number of carbonyl (C=O) groups excluding carboxylic acids is 1. The molecule has 2 N–H and O–H groups in total. The summed E-state index contributed by atoms with van der Waals surface area (Å²) in [4.78, 5) is 23.7. The summed E-state index contributed by atoms with van der Waals surface area (Å²) in [6.07, 6.45) is 2.07. The first-order valence-corrected chi connectivity index (χ1v) is 6.26. The lowest BCUT2D eigenvalue weighted by Crippen LogP contribution is -2.39. The largest absolute Gasteiger partial charge is 0.337 e. The summed E-state index contributed by atoms with van der Waals surface area (Å²) < 4.78 is 0. The molecule has 1 saturated heterocycles. The molecule has 1 aliphatic rings. The minimum Gasteiger partial charge on any atom is -0.337 e. The first kappa shape index (κ1) is 13.5. The predicted octanol–water partition coefficient (Wildman–Crippen LogP) is 1.61. The lowest BCUT2D eigenvalue weighted by molar-refractivity contribution is -0.384. The van der Waals surface area contributed by atoms with E-state index in [1.54, 1.807) is 24.1 Å². The number of likely N-dealkylation sites (tertiary alicyclic amines) is 1. The summed E-state index contributed by atoms with van der Waals surface area (Å²) in [5.41, 5.74) is 7.02. The highest BCUT2D eigenvalue weighted by Gasteiger charge is 2.30. The molecule has 102 valence electrons. The number of nitrogens with zero attached hydrogens (tertiary/aromatic N) is 2. The second-order valence-corrected chi connectivity index (χ2v) is 4.85. The molecule has 1 aromatic rings. The van der Waals surface area contributed by atoms with Crippen LogP contribution in [-0.4, -0.2) is 28.8 Å². The molecule has 6 heteroatoms. The van der Waals surface area contributed by atoms with Crippen LogP contribution in [0, 0.1) is 10.1 Å². The van der Waals surface area contributed by atoms with Gasteiger partial charge >= 0.3 is 0 Å². The smallest absolute Gasteiger partial charge is 0.269 e. The van der Waals surface area contributed by atoms with Gasteiger partial charge in [-0.25, -0.2) is 0 Å². The van der Waals surface area contributed by atoms with Crippen molar-refractivity contribution in [3.63, 3.8) is 0 Å². The standard InChI is InChI=1S/C13H17N3O3/c1-15-12(17)4-2-3-11(14)13(15)9-5-7-10(8-6-9)16(18)19/h5-8,11,13H,2-4,14H2,1H3. The van der Waals surface area contributed by atoms with Gasteiger partial charge in [-0.2, -0.15) is 0 Å². The molecule has 0 spiro atoms. The van der Waals surface area contributed by atoms with Gasteiger partial charge in [0.25, 0.3) is 5.69 Å². The van der Waals surface area contributed by atoms with Gasteiger partial charge in [-0.1, -0.05) is 12.1 Å². The number of nitro groups is 1. The van der Waals surface area contributed by atoms with Crippen molar-refractivity contribution in [2.75, 3.05) is 7.05 Å². The lowest BCUT2D eigenvalue weighted by Gasteiger charge is -2.30. The summed E-state index contributed by atoms with van der Waals surface area (Å²) in [6.45, 7) is 0. The van der Waals surface area contributed by atoms with Gasteiger partial charge in [-0.3, -0.25) is 14.9 Å². The molecule has 0 radical (unpaired) electrons. The molecule has 0 bridgehead atoms. The van der Waals surface area contributed by atoms with Crippen molar-refractivity contribution >= 4 is 11.6 Å². The van der Waals surface area contributed by atoms with E-state index in [4.69, 9.17) is 5.73 Å². The van der Waals surface area contributed by atoms with Crippen molar-refractivity contribution in [3.8, 4) is 0 Å². The zero-order valence-electron chi connectivity index (χ0n) is 10.8. The van der Waals surface area contributed by atoms with Crippen LogP contribution in [0.1, 0.15) is 30.9 Å². The second kappa shape index (κ2) is 5.36. The quantitative estimate of drug-likeness (QED) is 0.648. The van der Waals surface area contributed by atoms with E-state index in [1.165, 1.54) is 12.1 Å². The van der Waals surface area contributed by atoms with Crippen LogP contribution in [0.3, 0.4) is 0 Å². The number of nitrogens with two attached hydrogens (primary N) is 1. The highest BCUT2D eigenvalue weighted by Crippen LogP contribution is 2.29. The minimum atomic E-state index is -0.439. The molecule has 6 nitrogen and oxygen atoms in total. The number of hydrogen-bond acceptors (Lipinski definition) is 4. The first-order chi connectivity index (χ1) is 9.00. The van der Waals surface area contributed by atoms with Gasteiger partial charge in [-0.05, 0) is 18.4 Å². The fourth-order valence-corrected chi connectivity index (χ4v) is 2.53. The Morgan fingerprint density at radius 3 is 2.58 bits per heavy atom. The second-order valence-electron chi connectivity index (χ2n) is 4.85. The molecule has 19 heavy (non-hydrogen) atoms. The summed E-state index contributed by atoms with van der Waals surface area (Å²) in [6, 6.07) is 5.90. The average molecular weight is 263 g/mol. The van der Waals surface area contributed by atoms with Crippen molar-refractivity contribution in [2.24, 2.45) is 5.73 Å². The zero-order valence-corrected chi connectivity index (χ0v) is 10.8. The fourth-order valence-electron chi connectivity index (χ4n) is 2.53. The van der Waals surface area contributed by atoms with Crippen LogP contribution in [0.5, 0.6) is 0 Å². The maximum absolute atomic E-state index is 11.9. The Bertz CT molecular complexity index is 486. The zero-order chi connectivity index (χ0) is 14.0. The summed E-state index contributed by atoms with van der Waals surface area (Å²) in [7, 11) is 1.74. The number of hydrogen-bond donors (Lipinski definition) is 1. The maximum atomic E-state index is 11.9. The molecular weight excluding hydrogens is 246 g/mol. The van der Waals surface area contributed by atoms with E-state index >= 15 is 0 Å². The predicted molar refractivity (Wildman–Crippen MR) is 70.4 cm³/mol. The number of likely N-dealkylation sites (N-methyl/N-ethyl adjacent to an activating group) is 1. The SMILES string of the molecule is CN1C(=O)CCCC(N)C1c1ccc([N+](=O)[O-])cc1. The summed E-state index contributed by atoms with van der Waals surface area (Å²) >= 11 is 0. The Morgan fingerprint density at radius 1 is 1.37 bits per heavy atom. The molecular formula is C13H17N3O3. The molecule has 1 aromatic carbocycles. The van der Waals surface area contributed by atoms with Crippen molar-refractivity contribution < 1.29 is 9.72 Å². The molecule has 2 atom stereocenters. The Labute approximate surface area is 111 Å². The molecule has 1 aliphatic heterocycles. The molecule has 0 aliphatic carbocycles. The van der Waals surface area contributed by atoms with Crippen LogP contribution < -0.4 is 5.73 Å². The van der Waals surface area contributed by atoms with Gasteiger partial charge in [0.2, 0.25) is 5.91 Å². The molecule has 0 saturated carbocycles. The number of amides is 1. The summed E-state index contributed by atoms with van der Waals surface area (Å²) in [5, 5.41) is 10.6. The van der Waals surface area contributed by atoms with Crippen LogP contribution in [0.2, 0.25) is 0 Å². The molecule has 0 aromatic heterocycles. The number of nitro benzene ring substituents is 1. The van der Waals surface area contributed by atoms with Crippen molar-refractivity contribution in [1.29, 1.82) is 0 Å². The number of rotatable bonds is 2. The Hall–Kier alpha value is -1.95. The third-order valence-corrected chi connectivity index (χ3v) is 3.59. The van der Waals surface area contributed by atoms with E-state index in [2.05, 4.69) is 0 Å². The first-order valence-electron chi connectivity index (χ1n) is 6.26.